The normalized spacial score (nSPS) is 16.3. The molecule has 1 saturated carbocycles. The molecule has 4 rings (SSSR count). The van der Waals surface area contributed by atoms with Gasteiger partial charge in [0, 0.05) is 36.7 Å². The summed E-state index contributed by atoms with van der Waals surface area (Å²) in [5.41, 5.74) is 7.69. The summed E-state index contributed by atoms with van der Waals surface area (Å²) < 4.78 is 5.64. The SMILES string of the molecule is NC(=O)C1CCN(c2ccccc2NC(=O)COc2cccc(NC(=O)C3CC3)c2)CC1. The molecule has 8 heteroatoms. The minimum atomic E-state index is -0.281. The van der Waals surface area contributed by atoms with Crippen molar-refractivity contribution >= 4 is 34.8 Å². The molecular weight excluding hydrogens is 408 g/mol. The molecule has 168 valence electrons. The van der Waals surface area contributed by atoms with Gasteiger partial charge >= 0.3 is 0 Å². The molecule has 1 heterocycles. The van der Waals surface area contributed by atoms with Crippen molar-refractivity contribution in [2.24, 2.45) is 17.6 Å². The van der Waals surface area contributed by atoms with E-state index in [0.29, 0.717) is 43.1 Å². The predicted molar refractivity (Wildman–Crippen MR) is 122 cm³/mol. The van der Waals surface area contributed by atoms with Gasteiger partial charge in [-0.1, -0.05) is 18.2 Å². The maximum atomic E-state index is 12.5. The van der Waals surface area contributed by atoms with Crippen molar-refractivity contribution in [2.45, 2.75) is 25.7 Å². The van der Waals surface area contributed by atoms with Crippen molar-refractivity contribution in [3.63, 3.8) is 0 Å². The first-order chi connectivity index (χ1) is 15.5. The molecule has 2 aromatic rings. The van der Waals surface area contributed by atoms with E-state index in [-0.39, 0.29) is 36.2 Å². The van der Waals surface area contributed by atoms with E-state index < -0.39 is 0 Å². The number of nitrogens with zero attached hydrogens (tertiary/aromatic N) is 1. The fraction of sp³-hybridized carbons (Fsp3) is 0.375. The van der Waals surface area contributed by atoms with Crippen molar-refractivity contribution in [2.75, 3.05) is 35.2 Å². The minimum absolute atomic E-state index is 0.0244. The molecule has 8 nitrogen and oxygen atoms in total. The second-order valence-corrected chi connectivity index (χ2v) is 8.31. The second kappa shape index (κ2) is 9.72. The molecule has 4 N–H and O–H groups in total. The van der Waals surface area contributed by atoms with E-state index in [4.69, 9.17) is 10.5 Å². The maximum absolute atomic E-state index is 12.5. The highest BCUT2D eigenvalue weighted by atomic mass is 16.5. The quantitative estimate of drug-likeness (QED) is 0.589. The molecule has 0 aromatic heterocycles. The van der Waals surface area contributed by atoms with Gasteiger partial charge in [0.1, 0.15) is 5.75 Å². The number of hydrogen-bond acceptors (Lipinski definition) is 5. The summed E-state index contributed by atoms with van der Waals surface area (Å²) in [6.07, 6.45) is 3.28. The van der Waals surface area contributed by atoms with Crippen LogP contribution in [-0.2, 0) is 14.4 Å². The van der Waals surface area contributed by atoms with Gasteiger partial charge in [-0.2, -0.15) is 0 Å². The molecule has 1 aliphatic carbocycles. The van der Waals surface area contributed by atoms with Crippen LogP contribution in [0.5, 0.6) is 5.75 Å². The first-order valence-electron chi connectivity index (χ1n) is 11.0. The Morgan fingerprint density at radius 1 is 0.938 bits per heavy atom. The number of nitrogens with one attached hydrogen (secondary N) is 2. The molecule has 2 aromatic carbocycles. The highest BCUT2D eigenvalue weighted by Crippen LogP contribution is 2.31. The highest BCUT2D eigenvalue weighted by Gasteiger charge is 2.29. The topological polar surface area (TPSA) is 114 Å². The van der Waals surface area contributed by atoms with Crippen molar-refractivity contribution in [3.05, 3.63) is 48.5 Å². The fourth-order valence-corrected chi connectivity index (χ4v) is 3.85. The summed E-state index contributed by atoms with van der Waals surface area (Å²) in [6.45, 7) is 1.25. The maximum Gasteiger partial charge on any atom is 0.262 e. The summed E-state index contributed by atoms with van der Waals surface area (Å²) in [5.74, 6) is 0.0293. The third kappa shape index (κ3) is 5.57. The van der Waals surface area contributed by atoms with Crippen LogP contribution in [-0.4, -0.2) is 37.4 Å². The van der Waals surface area contributed by atoms with Crippen LogP contribution < -0.4 is 26.0 Å². The van der Waals surface area contributed by atoms with Crippen molar-refractivity contribution in [1.29, 1.82) is 0 Å². The number of rotatable bonds is 8. The van der Waals surface area contributed by atoms with Gasteiger partial charge in [-0.05, 0) is 49.9 Å². The van der Waals surface area contributed by atoms with Crippen LogP contribution >= 0.6 is 0 Å². The lowest BCUT2D eigenvalue weighted by Crippen LogP contribution is -2.39. The van der Waals surface area contributed by atoms with Crippen LogP contribution in [0.15, 0.2) is 48.5 Å². The summed E-state index contributed by atoms with van der Waals surface area (Å²) in [7, 11) is 0. The molecular formula is C24H28N4O4. The lowest BCUT2D eigenvalue weighted by Gasteiger charge is -2.33. The Hall–Kier alpha value is -3.55. The number of ether oxygens (including phenoxy) is 1. The predicted octanol–water partition coefficient (Wildman–Crippen LogP) is 2.75. The van der Waals surface area contributed by atoms with Crippen LogP contribution in [0.3, 0.4) is 0 Å². The van der Waals surface area contributed by atoms with Crippen molar-refractivity contribution < 1.29 is 19.1 Å². The highest BCUT2D eigenvalue weighted by molar-refractivity contribution is 5.96. The van der Waals surface area contributed by atoms with E-state index in [1.165, 1.54) is 0 Å². The van der Waals surface area contributed by atoms with E-state index in [2.05, 4.69) is 15.5 Å². The minimum Gasteiger partial charge on any atom is -0.484 e. The molecule has 3 amide bonds. The average molecular weight is 437 g/mol. The van der Waals surface area contributed by atoms with Gasteiger partial charge in [0.15, 0.2) is 6.61 Å². The number of nitrogens with two attached hydrogens (primary N) is 1. The van der Waals surface area contributed by atoms with Gasteiger partial charge in [-0.15, -0.1) is 0 Å². The molecule has 1 saturated heterocycles. The summed E-state index contributed by atoms with van der Waals surface area (Å²) >= 11 is 0. The van der Waals surface area contributed by atoms with Gasteiger partial charge in [-0.25, -0.2) is 0 Å². The van der Waals surface area contributed by atoms with E-state index in [1.54, 1.807) is 24.3 Å². The Morgan fingerprint density at radius 3 is 2.41 bits per heavy atom. The lowest BCUT2D eigenvalue weighted by atomic mass is 9.96. The zero-order valence-corrected chi connectivity index (χ0v) is 17.9. The van der Waals surface area contributed by atoms with Crippen molar-refractivity contribution in [1.82, 2.24) is 0 Å². The molecule has 0 unspecified atom stereocenters. The van der Waals surface area contributed by atoms with Crippen LogP contribution in [0.25, 0.3) is 0 Å². The van der Waals surface area contributed by atoms with Gasteiger partial charge in [-0.3, -0.25) is 14.4 Å². The van der Waals surface area contributed by atoms with Gasteiger partial charge in [0.25, 0.3) is 5.91 Å². The number of piperidine rings is 1. The molecule has 0 bridgehead atoms. The van der Waals surface area contributed by atoms with Crippen molar-refractivity contribution in [3.8, 4) is 5.75 Å². The zero-order chi connectivity index (χ0) is 22.5. The number of benzene rings is 2. The van der Waals surface area contributed by atoms with E-state index >= 15 is 0 Å². The van der Waals surface area contributed by atoms with E-state index in [0.717, 1.165) is 18.5 Å². The Balaban J connectivity index is 1.32. The first-order valence-corrected chi connectivity index (χ1v) is 11.0. The Labute approximate surface area is 187 Å². The number of anilines is 3. The number of hydrogen-bond donors (Lipinski definition) is 3. The van der Waals surface area contributed by atoms with Gasteiger partial charge in [0.05, 0.1) is 11.4 Å². The third-order valence-electron chi connectivity index (χ3n) is 5.84. The molecule has 0 radical (unpaired) electrons. The number of amides is 3. The standard InChI is InChI=1S/C24H28N4O4/c25-23(30)16-10-12-28(13-11-16)21-7-2-1-6-20(21)27-22(29)15-32-19-5-3-4-18(14-19)26-24(31)17-8-9-17/h1-7,14,16-17H,8-13,15H2,(H2,25,30)(H,26,31)(H,27,29). The van der Waals surface area contributed by atoms with Gasteiger partial charge < -0.3 is 26.0 Å². The molecule has 2 fully saturated rings. The Bertz CT molecular complexity index is 997. The van der Waals surface area contributed by atoms with Crippen LogP contribution in [0.1, 0.15) is 25.7 Å². The summed E-state index contributed by atoms with van der Waals surface area (Å²) in [4.78, 5) is 38.0. The molecule has 2 aliphatic rings. The number of carbonyl (C=O) groups is 3. The lowest BCUT2D eigenvalue weighted by molar-refractivity contribution is -0.122. The van der Waals surface area contributed by atoms with E-state index in [1.807, 2.05) is 24.3 Å². The molecule has 0 spiro atoms. The fourth-order valence-electron chi connectivity index (χ4n) is 3.85. The first kappa shape index (κ1) is 21.7. The number of para-hydroxylation sites is 2. The smallest absolute Gasteiger partial charge is 0.262 e. The van der Waals surface area contributed by atoms with Crippen LogP contribution in [0.2, 0.25) is 0 Å². The molecule has 32 heavy (non-hydrogen) atoms. The monoisotopic (exact) mass is 436 g/mol. The Morgan fingerprint density at radius 2 is 1.69 bits per heavy atom. The molecule has 1 aliphatic heterocycles. The zero-order valence-electron chi connectivity index (χ0n) is 17.9. The van der Waals surface area contributed by atoms with Crippen LogP contribution in [0.4, 0.5) is 17.1 Å². The number of primary amides is 1. The largest absolute Gasteiger partial charge is 0.484 e. The summed E-state index contributed by atoms with van der Waals surface area (Å²) in [6, 6.07) is 14.6. The summed E-state index contributed by atoms with van der Waals surface area (Å²) in [5, 5.41) is 5.79. The Kier molecular flexibility index (Phi) is 6.58. The molecule has 0 atom stereocenters. The van der Waals surface area contributed by atoms with E-state index in [9.17, 15) is 14.4 Å². The average Bonchev–Trinajstić information content (AvgIpc) is 3.64. The van der Waals surface area contributed by atoms with Crippen LogP contribution in [0, 0.1) is 11.8 Å². The van der Waals surface area contributed by atoms with Gasteiger partial charge in [0.2, 0.25) is 11.8 Å². The number of carbonyl (C=O) groups excluding carboxylic acids is 3. The third-order valence-corrected chi connectivity index (χ3v) is 5.84. The second-order valence-electron chi connectivity index (χ2n) is 8.31.